The van der Waals surface area contributed by atoms with Crippen LogP contribution in [0.5, 0.6) is 0 Å². The van der Waals surface area contributed by atoms with Crippen LogP contribution in [0.2, 0.25) is 0 Å². The summed E-state index contributed by atoms with van der Waals surface area (Å²) >= 11 is 0. The quantitative estimate of drug-likeness (QED) is 0.696. The Bertz CT molecular complexity index is 926. The highest BCUT2D eigenvalue weighted by molar-refractivity contribution is 5.94. The molecule has 1 amide bonds. The molecular weight excluding hydrogens is 345 g/mol. The normalized spacial score (nSPS) is 17.1. The van der Waals surface area contributed by atoms with Crippen LogP contribution in [0.25, 0.3) is 0 Å². The van der Waals surface area contributed by atoms with E-state index in [0.29, 0.717) is 35.7 Å². The molecule has 2 aromatic heterocycles. The third kappa shape index (κ3) is 3.74. The van der Waals surface area contributed by atoms with Gasteiger partial charge in [0.05, 0.1) is 11.8 Å². The molecule has 1 aliphatic heterocycles. The van der Waals surface area contributed by atoms with Crippen LogP contribution >= 0.6 is 0 Å². The maximum Gasteiger partial charge on any atom is 0.256 e. The number of rotatable bonds is 4. The number of piperidine rings is 1. The van der Waals surface area contributed by atoms with Crippen molar-refractivity contribution < 1.29 is 13.6 Å². The van der Waals surface area contributed by atoms with Crippen molar-refractivity contribution in [2.75, 3.05) is 6.54 Å². The average molecular weight is 365 g/mol. The number of benzene rings is 1. The summed E-state index contributed by atoms with van der Waals surface area (Å²) in [6, 6.07) is 9.93. The first-order chi connectivity index (χ1) is 13.2. The first kappa shape index (κ1) is 17.4. The topological polar surface area (TPSA) is 59.2 Å². The van der Waals surface area contributed by atoms with Gasteiger partial charge in [-0.2, -0.15) is 0 Å². The Morgan fingerprint density at radius 2 is 2.07 bits per heavy atom. The first-order valence-corrected chi connectivity index (χ1v) is 9.11. The summed E-state index contributed by atoms with van der Waals surface area (Å²) < 4.78 is 19.8. The van der Waals surface area contributed by atoms with E-state index < -0.39 is 0 Å². The number of likely N-dealkylation sites (tertiary alicyclic amines) is 1. The number of carbonyl (C=O) groups excluding carboxylic acids is 1. The van der Waals surface area contributed by atoms with E-state index >= 15 is 0 Å². The van der Waals surface area contributed by atoms with Crippen molar-refractivity contribution in [1.29, 1.82) is 0 Å². The van der Waals surface area contributed by atoms with Crippen molar-refractivity contribution in [1.82, 2.24) is 14.9 Å². The average Bonchev–Trinajstić information content (AvgIpc) is 3.18. The molecule has 0 spiro atoms. The zero-order valence-corrected chi connectivity index (χ0v) is 14.8. The first-order valence-electron chi connectivity index (χ1n) is 9.11. The maximum absolute atomic E-state index is 13.9. The van der Waals surface area contributed by atoms with Gasteiger partial charge < -0.3 is 9.32 Å². The zero-order chi connectivity index (χ0) is 18.6. The molecule has 1 aromatic carbocycles. The maximum atomic E-state index is 13.9. The third-order valence-electron chi connectivity index (χ3n) is 4.85. The second-order valence-corrected chi connectivity index (χ2v) is 6.68. The highest BCUT2D eigenvalue weighted by atomic mass is 19.1. The van der Waals surface area contributed by atoms with E-state index in [-0.39, 0.29) is 17.8 Å². The summed E-state index contributed by atoms with van der Waals surface area (Å²) in [5.41, 5.74) is 1.12. The molecule has 0 saturated carbocycles. The van der Waals surface area contributed by atoms with Crippen LogP contribution in [0, 0.1) is 5.82 Å². The van der Waals surface area contributed by atoms with Gasteiger partial charge in [-0.3, -0.25) is 9.78 Å². The summed E-state index contributed by atoms with van der Waals surface area (Å²) in [6.45, 7) is 0.656. The van der Waals surface area contributed by atoms with Crippen molar-refractivity contribution in [3.8, 4) is 0 Å². The van der Waals surface area contributed by atoms with Crippen LogP contribution in [0.3, 0.4) is 0 Å². The monoisotopic (exact) mass is 365 g/mol. The number of hydrogen-bond donors (Lipinski definition) is 0. The summed E-state index contributed by atoms with van der Waals surface area (Å²) in [4.78, 5) is 23.1. The molecule has 0 radical (unpaired) electrons. The van der Waals surface area contributed by atoms with Crippen LogP contribution < -0.4 is 0 Å². The van der Waals surface area contributed by atoms with Gasteiger partial charge in [0.25, 0.3) is 5.91 Å². The lowest BCUT2D eigenvalue weighted by atomic mass is 10.0. The summed E-state index contributed by atoms with van der Waals surface area (Å²) in [5.74, 6) is 0.774. The van der Waals surface area contributed by atoms with Crippen LogP contribution in [-0.2, 0) is 6.42 Å². The van der Waals surface area contributed by atoms with E-state index in [1.54, 1.807) is 53.8 Å². The van der Waals surface area contributed by atoms with Gasteiger partial charge in [0.2, 0.25) is 5.89 Å². The van der Waals surface area contributed by atoms with Crippen LogP contribution in [0.4, 0.5) is 4.39 Å². The Morgan fingerprint density at radius 1 is 1.19 bits per heavy atom. The lowest BCUT2D eigenvalue weighted by molar-refractivity contribution is 0.0569. The minimum absolute atomic E-state index is 0.0679. The summed E-state index contributed by atoms with van der Waals surface area (Å²) in [5, 5.41) is 0. The number of carbonyl (C=O) groups is 1. The molecule has 1 fully saturated rings. The van der Waals surface area contributed by atoms with Gasteiger partial charge in [-0.15, -0.1) is 0 Å². The molecule has 0 aliphatic carbocycles. The Kier molecular flexibility index (Phi) is 4.96. The SMILES string of the molecule is O=C(c1cccnc1)N1CCCCC1c1ncc(Cc2ccccc2F)o1. The number of halogens is 1. The minimum Gasteiger partial charge on any atom is -0.443 e. The van der Waals surface area contributed by atoms with Gasteiger partial charge in [-0.25, -0.2) is 9.37 Å². The van der Waals surface area contributed by atoms with Crippen LogP contribution in [-0.4, -0.2) is 27.3 Å². The van der Waals surface area contributed by atoms with Gasteiger partial charge in [-0.1, -0.05) is 18.2 Å². The molecule has 0 N–H and O–H groups in total. The van der Waals surface area contributed by atoms with Crippen molar-refractivity contribution >= 4 is 5.91 Å². The molecule has 3 heterocycles. The third-order valence-corrected chi connectivity index (χ3v) is 4.85. The lowest BCUT2D eigenvalue weighted by Crippen LogP contribution is -2.38. The summed E-state index contributed by atoms with van der Waals surface area (Å²) in [6.07, 6.45) is 7.94. The van der Waals surface area contributed by atoms with E-state index in [0.717, 1.165) is 19.3 Å². The largest absolute Gasteiger partial charge is 0.443 e. The fourth-order valence-corrected chi connectivity index (χ4v) is 3.47. The summed E-state index contributed by atoms with van der Waals surface area (Å²) in [7, 11) is 0. The van der Waals surface area contributed by atoms with Crippen LogP contribution in [0.15, 0.2) is 59.4 Å². The molecule has 27 heavy (non-hydrogen) atoms. The van der Waals surface area contributed by atoms with E-state index in [1.165, 1.54) is 6.07 Å². The fourth-order valence-electron chi connectivity index (χ4n) is 3.47. The Morgan fingerprint density at radius 3 is 2.89 bits per heavy atom. The molecule has 1 unspecified atom stereocenters. The predicted octanol–water partition coefficient (Wildman–Crippen LogP) is 4.17. The number of oxazole rings is 1. The van der Waals surface area contributed by atoms with E-state index in [9.17, 15) is 9.18 Å². The molecule has 5 nitrogen and oxygen atoms in total. The second kappa shape index (κ2) is 7.70. The second-order valence-electron chi connectivity index (χ2n) is 6.68. The zero-order valence-electron chi connectivity index (χ0n) is 14.8. The van der Waals surface area contributed by atoms with E-state index in [4.69, 9.17) is 4.42 Å². The highest BCUT2D eigenvalue weighted by Crippen LogP contribution is 2.32. The number of aromatic nitrogens is 2. The number of nitrogens with zero attached hydrogens (tertiary/aromatic N) is 3. The molecule has 4 rings (SSSR count). The van der Waals surface area contributed by atoms with Crippen molar-refractivity contribution in [2.24, 2.45) is 0 Å². The fraction of sp³-hybridized carbons (Fsp3) is 0.286. The lowest BCUT2D eigenvalue weighted by Gasteiger charge is -2.33. The van der Waals surface area contributed by atoms with Crippen LogP contribution in [0.1, 0.15) is 52.9 Å². The molecule has 1 atom stereocenters. The van der Waals surface area contributed by atoms with Gasteiger partial charge >= 0.3 is 0 Å². The molecule has 6 heteroatoms. The molecule has 3 aromatic rings. The van der Waals surface area contributed by atoms with E-state index in [1.807, 2.05) is 0 Å². The van der Waals surface area contributed by atoms with Gasteiger partial charge in [-0.05, 0) is 43.0 Å². The Hall–Kier alpha value is -3.02. The number of pyridine rings is 1. The van der Waals surface area contributed by atoms with Crippen molar-refractivity contribution in [2.45, 2.75) is 31.7 Å². The van der Waals surface area contributed by atoms with Gasteiger partial charge in [0.1, 0.15) is 17.6 Å². The van der Waals surface area contributed by atoms with Crippen molar-refractivity contribution in [3.63, 3.8) is 0 Å². The number of amides is 1. The smallest absolute Gasteiger partial charge is 0.256 e. The standard InChI is InChI=1S/C21H20FN3O2/c22-18-8-2-1-6-15(18)12-17-14-24-20(27-17)19-9-3-4-11-25(19)21(26)16-7-5-10-23-13-16/h1-2,5-8,10,13-14,19H,3-4,9,11-12H2. The molecule has 1 saturated heterocycles. The number of hydrogen-bond acceptors (Lipinski definition) is 4. The highest BCUT2D eigenvalue weighted by Gasteiger charge is 2.32. The Labute approximate surface area is 156 Å². The van der Waals surface area contributed by atoms with Gasteiger partial charge in [0, 0.05) is 25.4 Å². The minimum atomic E-state index is -0.263. The molecular formula is C21H20FN3O2. The molecule has 138 valence electrons. The molecule has 1 aliphatic rings. The van der Waals surface area contributed by atoms with Crippen molar-refractivity contribution in [3.05, 3.63) is 83.6 Å². The van der Waals surface area contributed by atoms with Gasteiger partial charge in [0.15, 0.2) is 0 Å². The Balaban J connectivity index is 1.55. The predicted molar refractivity (Wildman–Crippen MR) is 97.6 cm³/mol. The van der Waals surface area contributed by atoms with E-state index in [2.05, 4.69) is 9.97 Å². The molecule has 0 bridgehead atoms.